The molecule has 2 aromatic heterocycles. The second kappa shape index (κ2) is 7.01. The Morgan fingerprint density at radius 3 is 3.08 bits per heavy atom. The molecular formula is C18H21N3O2S. The van der Waals surface area contributed by atoms with E-state index in [1.807, 2.05) is 18.2 Å². The number of amides is 1. The second-order valence-corrected chi connectivity index (χ2v) is 7.49. The van der Waals surface area contributed by atoms with E-state index in [4.69, 9.17) is 4.74 Å². The fourth-order valence-electron chi connectivity index (χ4n) is 3.63. The molecular weight excluding hydrogens is 322 g/mol. The van der Waals surface area contributed by atoms with Gasteiger partial charge in [-0.2, -0.15) is 0 Å². The van der Waals surface area contributed by atoms with Crippen LogP contribution in [0.1, 0.15) is 10.6 Å². The Morgan fingerprint density at radius 1 is 1.33 bits per heavy atom. The molecule has 0 aliphatic carbocycles. The third-order valence-electron chi connectivity index (χ3n) is 4.86. The van der Waals surface area contributed by atoms with Crippen molar-refractivity contribution in [3.05, 3.63) is 52.5 Å². The van der Waals surface area contributed by atoms with E-state index < -0.39 is 0 Å². The molecule has 2 aliphatic heterocycles. The Morgan fingerprint density at radius 2 is 2.29 bits per heavy atom. The molecule has 0 aromatic carbocycles. The number of nitrogens with zero attached hydrogens (tertiary/aromatic N) is 2. The average molecular weight is 343 g/mol. The minimum Gasteiger partial charge on any atom is -0.376 e. The Hall–Kier alpha value is -1.76. The molecule has 4 rings (SSSR count). The van der Waals surface area contributed by atoms with Gasteiger partial charge in [0.25, 0.3) is 0 Å². The maximum absolute atomic E-state index is 12.5. The number of pyridine rings is 1. The molecule has 126 valence electrons. The SMILES string of the molecule is O=C(NCc1ccccn1)[C@@H]1CO[C@H]2CN(Cc3cccs3)C[C@H]21. The number of nitrogens with one attached hydrogen (secondary N) is 1. The van der Waals surface area contributed by atoms with Crippen LogP contribution in [0.25, 0.3) is 0 Å². The highest BCUT2D eigenvalue weighted by atomic mass is 32.1. The van der Waals surface area contributed by atoms with Crippen LogP contribution in [-0.4, -0.2) is 41.6 Å². The minimum atomic E-state index is -0.0490. The summed E-state index contributed by atoms with van der Waals surface area (Å²) in [5.74, 6) is 0.340. The maximum Gasteiger partial charge on any atom is 0.226 e. The van der Waals surface area contributed by atoms with Gasteiger partial charge in [0.05, 0.1) is 30.9 Å². The highest BCUT2D eigenvalue weighted by Crippen LogP contribution is 2.34. The molecule has 24 heavy (non-hydrogen) atoms. The number of thiophene rings is 1. The van der Waals surface area contributed by atoms with Crippen LogP contribution in [0, 0.1) is 11.8 Å². The lowest BCUT2D eigenvalue weighted by atomic mass is 9.92. The number of likely N-dealkylation sites (tertiary alicyclic amines) is 1. The van der Waals surface area contributed by atoms with Gasteiger partial charge in [-0.25, -0.2) is 0 Å². The van der Waals surface area contributed by atoms with Gasteiger partial charge in [-0.1, -0.05) is 12.1 Å². The quantitative estimate of drug-likeness (QED) is 0.901. The van der Waals surface area contributed by atoms with E-state index in [2.05, 4.69) is 32.7 Å². The Kier molecular flexibility index (Phi) is 4.60. The van der Waals surface area contributed by atoms with Gasteiger partial charge in [-0.15, -0.1) is 11.3 Å². The monoisotopic (exact) mass is 343 g/mol. The number of fused-ring (bicyclic) bond motifs is 1. The number of carbonyl (C=O) groups is 1. The first kappa shape index (κ1) is 15.7. The van der Waals surface area contributed by atoms with Crippen LogP contribution in [0.5, 0.6) is 0 Å². The molecule has 2 aromatic rings. The molecule has 0 radical (unpaired) electrons. The van der Waals surface area contributed by atoms with Crippen molar-refractivity contribution < 1.29 is 9.53 Å². The molecule has 0 spiro atoms. The van der Waals surface area contributed by atoms with E-state index in [1.54, 1.807) is 17.5 Å². The van der Waals surface area contributed by atoms with Crippen LogP contribution in [0.2, 0.25) is 0 Å². The van der Waals surface area contributed by atoms with Crippen molar-refractivity contribution in [2.24, 2.45) is 11.8 Å². The summed E-state index contributed by atoms with van der Waals surface area (Å²) in [6.45, 7) is 3.83. The van der Waals surface area contributed by atoms with Gasteiger partial charge >= 0.3 is 0 Å². The van der Waals surface area contributed by atoms with Crippen molar-refractivity contribution in [3.63, 3.8) is 0 Å². The molecule has 0 saturated carbocycles. The zero-order chi connectivity index (χ0) is 16.4. The summed E-state index contributed by atoms with van der Waals surface area (Å²) in [4.78, 5) is 20.6. The first-order chi connectivity index (χ1) is 11.8. The summed E-state index contributed by atoms with van der Waals surface area (Å²) >= 11 is 1.78. The van der Waals surface area contributed by atoms with Gasteiger partial charge in [-0.05, 0) is 23.6 Å². The fraction of sp³-hybridized carbons (Fsp3) is 0.444. The topological polar surface area (TPSA) is 54.5 Å². The number of hydrogen-bond acceptors (Lipinski definition) is 5. The molecule has 1 N–H and O–H groups in total. The number of ether oxygens (including phenoxy) is 1. The standard InChI is InChI=1S/C18H21N3O2S/c22-18(20-8-13-4-1-2-6-19-13)16-12-23-17-11-21(10-15(16)17)9-14-5-3-7-24-14/h1-7,15-17H,8-12H2,(H,20,22)/t15-,16+,17-/m0/s1. The number of hydrogen-bond donors (Lipinski definition) is 1. The average Bonchev–Trinajstić information content (AvgIpc) is 3.31. The maximum atomic E-state index is 12.5. The second-order valence-electron chi connectivity index (χ2n) is 6.45. The molecule has 2 fully saturated rings. The van der Waals surface area contributed by atoms with Gasteiger partial charge < -0.3 is 10.1 Å². The summed E-state index contributed by atoms with van der Waals surface area (Å²) in [5, 5.41) is 5.12. The van der Waals surface area contributed by atoms with Crippen LogP contribution in [0.3, 0.4) is 0 Å². The van der Waals surface area contributed by atoms with E-state index in [9.17, 15) is 4.79 Å². The van der Waals surface area contributed by atoms with Crippen LogP contribution >= 0.6 is 11.3 Å². The van der Waals surface area contributed by atoms with Crippen molar-refractivity contribution in [2.45, 2.75) is 19.2 Å². The molecule has 2 aliphatic rings. The van der Waals surface area contributed by atoms with E-state index in [-0.39, 0.29) is 17.9 Å². The molecule has 0 unspecified atom stereocenters. The third-order valence-corrected chi connectivity index (χ3v) is 5.72. The van der Waals surface area contributed by atoms with E-state index in [0.717, 1.165) is 25.3 Å². The predicted octanol–water partition coefficient (Wildman–Crippen LogP) is 1.91. The summed E-state index contributed by atoms with van der Waals surface area (Å²) < 4.78 is 5.90. The Labute approximate surface area is 145 Å². The lowest BCUT2D eigenvalue weighted by Gasteiger charge is -2.18. The van der Waals surface area contributed by atoms with Gasteiger partial charge in [-0.3, -0.25) is 14.7 Å². The van der Waals surface area contributed by atoms with Gasteiger partial charge in [0.1, 0.15) is 0 Å². The van der Waals surface area contributed by atoms with Gasteiger partial charge in [0.15, 0.2) is 0 Å². The van der Waals surface area contributed by atoms with E-state index in [0.29, 0.717) is 19.1 Å². The number of carbonyl (C=O) groups excluding carboxylic acids is 1. The molecule has 0 bridgehead atoms. The van der Waals surface area contributed by atoms with Gasteiger partial charge in [0.2, 0.25) is 5.91 Å². The Bertz CT molecular complexity index is 677. The molecule has 3 atom stereocenters. The van der Waals surface area contributed by atoms with Crippen molar-refractivity contribution in [1.29, 1.82) is 0 Å². The zero-order valence-corrected chi connectivity index (χ0v) is 14.2. The van der Waals surface area contributed by atoms with E-state index >= 15 is 0 Å². The van der Waals surface area contributed by atoms with Crippen LogP contribution in [0.15, 0.2) is 41.9 Å². The van der Waals surface area contributed by atoms with Crippen molar-refractivity contribution in [1.82, 2.24) is 15.2 Å². The molecule has 6 heteroatoms. The lowest BCUT2D eigenvalue weighted by molar-refractivity contribution is -0.126. The molecule has 1 amide bonds. The molecule has 2 saturated heterocycles. The normalized spacial score (nSPS) is 26.4. The smallest absolute Gasteiger partial charge is 0.226 e. The van der Waals surface area contributed by atoms with E-state index in [1.165, 1.54) is 4.88 Å². The highest BCUT2D eigenvalue weighted by Gasteiger charge is 2.46. The van der Waals surface area contributed by atoms with Crippen molar-refractivity contribution in [2.75, 3.05) is 19.7 Å². The highest BCUT2D eigenvalue weighted by molar-refractivity contribution is 7.09. The number of rotatable bonds is 5. The summed E-state index contributed by atoms with van der Waals surface area (Å²) in [5.41, 5.74) is 0.882. The van der Waals surface area contributed by atoms with Gasteiger partial charge in [0, 0.05) is 36.6 Å². The third kappa shape index (κ3) is 3.36. The summed E-state index contributed by atoms with van der Waals surface area (Å²) in [6, 6.07) is 9.98. The van der Waals surface area contributed by atoms with Crippen molar-refractivity contribution >= 4 is 17.2 Å². The Balaban J connectivity index is 1.32. The zero-order valence-electron chi connectivity index (χ0n) is 13.4. The predicted molar refractivity (Wildman–Crippen MR) is 92.4 cm³/mol. The molecule has 5 nitrogen and oxygen atoms in total. The number of aromatic nitrogens is 1. The van der Waals surface area contributed by atoms with Crippen molar-refractivity contribution in [3.8, 4) is 0 Å². The summed E-state index contributed by atoms with van der Waals surface area (Å²) in [7, 11) is 0. The fourth-order valence-corrected chi connectivity index (χ4v) is 4.37. The largest absolute Gasteiger partial charge is 0.376 e. The summed E-state index contributed by atoms with van der Waals surface area (Å²) in [6.07, 6.45) is 1.94. The first-order valence-corrected chi connectivity index (χ1v) is 9.21. The van der Waals surface area contributed by atoms with Crippen LogP contribution in [-0.2, 0) is 22.6 Å². The first-order valence-electron chi connectivity index (χ1n) is 8.33. The van der Waals surface area contributed by atoms with Crippen LogP contribution < -0.4 is 5.32 Å². The lowest BCUT2D eigenvalue weighted by Crippen LogP contribution is -2.36. The van der Waals surface area contributed by atoms with Crippen LogP contribution in [0.4, 0.5) is 0 Å². The minimum absolute atomic E-state index is 0.0490. The molecule has 4 heterocycles.